The third-order valence-corrected chi connectivity index (χ3v) is 7.90. The predicted molar refractivity (Wildman–Crippen MR) is 154 cm³/mol. The Morgan fingerprint density at radius 2 is 1.79 bits per heavy atom. The first kappa shape index (κ1) is 25.9. The standard InChI is InChI=1S/C32H32N2O3S/c1-5-10-26-28(31(36)37-6-2)29(23-17-15-21(16-18-23)20(3)4)34-30(35)27(38-32(34)33-26)19-24-13-9-12-22-11-7-8-14-25(22)24/h7-9,11-20,29H,5-6,10H2,1-4H3/b27-19-/t29-/m0/s1. The smallest absolute Gasteiger partial charge is 0.338 e. The number of fused-ring (bicyclic) bond motifs is 2. The van der Waals surface area contributed by atoms with Crippen LogP contribution in [0.1, 0.15) is 69.2 Å². The molecule has 6 heteroatoms. The predicted octanol–water partition coefficient (Wildman–Crippen LogP) is 5.86. The SMILES string of the molecule is CCCC1=C(C(=O)OCC)[C@H](c2ccc(C(C)C)cc2)n2c(s/c(=C\c3cccc4ccccc34)c2=O)=N1. The Bertz CT molecular complexity index is 1700. The van der Waals surface area contributed by atoms with Crippen molar-refractivity contribution in [1.82, 2.24) is 4.57 Å². The lowest BCUT2D eigenvalue weighted by molar-refractivity contribution is -0.139. The molecule has 0 unspecified atom stereocenters. The molecule has 0 aliphatic carbocycles. The molecule has 0 radical (unpaired) electrons. The van der Waals surface area contributed by atoms with E-state index in [1.165, 1.54) is 16.9 Å². The van der Waals surface area contributed by atoms with Crippen molar-refractivity contribution in [2.24, 2.45) is 4.99 Å². The van der Waals surface area contributed by atoms with Crippen molar-refractivity contribution in [1.29, 1.82) is 0 Å². The summed E-state index contributed by atoms with van der Waals surface area (Å²) in [7, 11) is 0. The van der Waals surface area contributed by atoms with Gasteiger partial charge in [0.25, 0.3) is 5.56 Å². The van der Waals surface area contributed by atoms with Gasteiger partial charge in [0.05, 0.1) is 28.5 Å². The molecule has 0 bridgehead atoms. The number of thiazole rings is 1. The average Bonchev–Trinajstić information content (AvgIpc) is 3.23. The number of rotatable bonds is 7. The molecule has 0 spiro atoms. The fourth-order valence-corrected chi connectivity index (χ4v) is 6.03. The Kier molecular flexibility index (Phi) is 7.43. The van der Waals surface area contributed by atoms with E-state index in [0.29, 0.717) is 32.9 Å². The molecule has 2 heterocycles. The summed E-state index contributed by atoms with van der Waals surface area (Å²) in [5.74, 6) is -0.0385. The molecular weight excluding hydrogens is 492 g/mol. The number of ether oxygens (including phenoxy) is 1. The first-order valence-electron chi connectivity index (χ1n) is 13.2. The van der Waals surface area contributed by atoms with Crippen LogP contribution < -0.4 is 14.9 Å². The molecule has 0 N–H and O–H groups in total. The van der Waals surface area contributed by atoms with E-state index in [2.05, 4.69) is 51.1 Å². The number of nitrogens with zero attached hydrogens (tertiary/aromatic N) is 2. The molecule has 1 aliphatic rings. The van der Waals surface area contributed by atoms with Gasteiger partial charge >= 0.3 is 5.97 Å². The van der Waals surface area contributed by atoms with Crippen molar-refractivity contribution in [3.8, 4) is 0 Å². The number of hydrogen-bond acceptors (Lipinski definition) is 5. The summed E-state index contributed by atoms with van der Waals surface area (Å²) in [5.41, 5.74) is 4.05. The largest absolute Gasteiger partial charge is 0.463 e. The van der Waals surface area contributed by atoms with Gasteiger partial charge in [0, 0.05) is 0 Å². The van der Waals surface area contributed by atoms with E-state index in [-0.39, 0.29) is 12.2 Å². The zero-order valence-corrected chi connectivity index (χ0v) is 23.0. The fraction of sp³-hybridized carbons (Fsp3) is 0.281. The number of allylic oxidation sites excluding steroid dienone is 1. The minimum Gasteiger partial charge on any atom is -0.463 e. The van der Waals surface area contributed by atoms with Gasteiger partial charge in [-0.3, -0.25) is 9.36 Å². The zero-order chi connectivity index (χ0) is 26.8. The Balaban J connectivity index is 1.76. The van der Waals surface area contributed by atoms with Crippen LogP contribution in [0.5, 0.6) is 0 Å². The van der Waals surface area contributed by atoms with Crippen LogP contribution in [0.3, 0.4) is 0 Å². The molecule has 0 saturated carbocycles. The lowest BCUT2D eigenvalue weighted by Gasteiger charge is -2.26. The monoisotopic (exact) mass is 524 g/mol. The van der Waals surface area contributed by atoms with Crippen LogP contribution in [0.25, 0.3) is 16.8 Å². The van der Waals surface area contributed by atoms with Crippen molar-refractivity contribution < 1.29 is 9.53 Å². The second-order valence-electron chi connectivity index (χ2n) is 9.80. The van der Waals surface area contributed by atoms with Gasteiger partial charge in [-0.15, -0.1) is 0 Å². The van der Waals surface area contributed by atoms with E-state index >= 15 is 0 Å². The van der Waals surface area contributed by atoms with Crippen molar-refractivity contribution >= 4 is 34.2 Å². The van der Waals surface area contributed by atoms with Gasteiger partial charge in [-0.25, -0.2) is 9.79 Å². The molecule has 0 saturated heterocycles. The zero-order valence-electron chi connectivity index (χ0n) is 22.2. The lowest BCUT2D eigenvalue weighted by Crippen LogP contribution is -2.40. The van der Waals surface area contributed by atoms with Crippen LogP contribution in [-0.2, 0) is 9.53 Å². The quantitative estimate of drug-likeness (QED) is 0.285. The minimum atomic E-state index is -0.595. The maximum atomic E-state index is 14.0. The molecule has 1 aliphatic heterocycles. The molecule has 4 aromatic rings. The highest BCUT2D eigenvalue weighted by Crippen LogP contribution is 2.33. The number of aromatic nitrogens is 1. The average molecular weight is 525 g/mol. The van der Waals surface area contributed by atoms with Crippen LogP contribution in [0.4, 0.5) is 0 Å². The molecule has 194 valence electrons. The maximum absolute atomic E-state index is 14.0. The highest BCUT2D eigenvalue weighted by atomic mass is 32.1. The summed E-state index contributed by atoms with van der Waals surface area (Å²) in [4.78, 5) is 32.8. The van der Waals surface area contributed by atoms with Gasteiger partial charge in [0.15, 0.2) is 4.80 Å². The molecular formula is C32H32N2O3S. The van der Waals surface area contributed by atoms with Crippen LogP contribution in [-0.4, -0.2) is 17.1 Å². The molecule has 38 heavy (non-hydrogen) atoms. The number of benzene rings is 3. The summed E-state index contributed by atoms with van der Waals surface area (Å²) in [6, 6.07) is 21.8. The number of hydrogen-bond donors (Lipinski definition) is 0. The summed E-state index contributed by atoms with van der Waals surface area (Å²) in [6.45, 7) is 8.41. The first-order valence-corrected chi connectivity index (χ1v) is 14.0. The summed E-state index contributed by atoms with van der Waals surface area (Å²) in [5, 5.41) is 2.20. The van der Waals surface area contributed by atoms with Crippen LogP contribution in [0.15, 0.2) is 87.8 Å². The Morgan fingerprint density at radius 1 is 1.05 bits per heavy atom. The Labute approximate surface area is 226 Å². The van der Waals surface area contributed by atoms with Crippen molar-refractivity contribution in [3.63, 3.8) is 0 Å². The van der Waals surface area contributed by atoms with Crippen molar-refractivity contribution in [3.05, 3.63) is 114 Å². The van der Waals surface area contributed by atoms with Gasteiger partial charge in [0.1, 0.15) is 0 Å². The van der Waals surface area contributed by atoms with Gasteiger partial charge in [-0.1, -0.05) is 105 Å². The van der Waals surface area contributed by atoms with Gasteiger partial charge < -0.3 is 4.74 Å². The van der Waals surface area contributed by atoms with E-state index in [4.69, 9.17) is 9.73 Å². The Hall–Kier alpha value is -3.77. The number of carbonyl (C=O) groups is 1. The second-order valence-corrected chi connectivity index (χ2v) is 10.8. The molecule has 0 amide bonds. The van der Waals surface area contributed by atoms with E-state index in [9.17, 15) is 9.59 Å². The van der Waals surface area contributed by atoms with E-state index in [1.54, 1.807) is 11.5 Å². The topological polar surface area (TPSA) is 60.7 Å². The van der Waals surface area contributed by atoms with Gasteiger partial charge in [-0.2, -0.15) is 0 Å². The third-order valence-electron chi connectivity index (χ3n) is 6.92. The van der Waals surface area contributed by atoms with Gasteiger partial charge in [-0.05, 0) is 52.8 Å². The Morgan fingerprint density at radius 3 is 2.50 bits per heavy atom. The highest BCUT2D eigenvalue weighted by Gasteiger charge is 2.34. The van der Waals surface area contributed by atoms with Crippen molar-refractivity contribution in [2.45, 2.75) is 52.5 Å². The van der Waals surface area contributed by atoms with E-state index < -0.39 is 12.0 Å². The van der Waals surface area contributed by atoms with E-state index in [1.807, 2.05) is 42.5 Å². The number of esters is 1. The summed E-state index contributed by atoms with van der Waals surface area (Å²) in [6.07, 6.45) is 3.40. The minimum absolute atomic E-state index is 0.156. The molecule has 5 rings (SSSR count). The maximum Gasteiger partial charge on any atom is 0.338 e. The molecule has 0 fully saturated rings. The second kappa shape index (κ2) is 10.9. The fourth-order valence-electron chi connectivity index (χ4n) is 5.02. The molecule has 1 aromatic heterocycles. The van der Waals surface area contributed by atoms with E-state index in [0.717, 1.165) is 28.3 Å². The number of carbonyl (C=O) groups excluding carboxylic acids is 1. The summed E-state index contributed by atoms with van der Waals surface area (Å²) < 4.78 is 7.77. The van der Waals surface area contributed by atoms with Crippen LogP contribution in [0.2, 0.25) is 0 Å². The highest BCUT2D eigenvalue weighted by molar-refractivity contribution is 7.07. The van der Waals surface area contributed by atoms with Crippen LogP contribution >= 0.6 is 11.3 Å². The van der Waals surface area contributed by atoms with Crippen LogP contribution in [0, 0.1) is 0 Å². The third kappa shape index (κ3) is 4.76. The molecule has 5 nitrogen and oxygen atoms in total. The lowest BCUT2D eigenvalue weighted by atomic mass is 9.92. The molecule has 3 aromatic carbocycles. The normalized spacial score (nSPS) is 15.6. The van der Waals surface area contributed by atoms with Gasteiger partial charge in [0.2, 0.25) is 0 Å². The van der Waals surface area contributed by atoms with Crippen molar-refractivity contribution in [2.75, 3.05) is 6.61 Å². The summed E-state index contributed by atoms with van der Waals surface area (Å²) >= 11 is 1.37. The first-order chi connectivity index (χ1) is 18.4. The molecule has 1 atom stereocenters.